The molecule has 0 spiro atoms. The summed E-state index contributed by atoms with van der Waals surface area (Å²) in [5, 5.41) is 4.56. The number of anilines is 1. The second kappa shape index (κ2) is 5.93. The van der Waals surface area contributed by atoms with E-state index in [4.69, 9.17) is 11.6 Å². The Morgan fingerprint density at radius 1 is 1.50 bits per heavy atom. The van der Waals surface area contributed by atoms with Crippen molar-refractivity contribution in [3.63, 3.8) is 0 Å². The number of halogens is 2. The molecule has 0 saturated heterocycles. The van der Waals surface area contributed by atoms with Gasteiger partial charge in [-0.3, -0.25) is 4.79 Å². The second-order valence-electron chi connectivity index (χ2n) is 3.66. The summed E-state index contributed by atoms with van der Waals surface area (Å²) in [4.78, 5) is 15.7. The van der Waals surface area contributed by atoms with Crippen LogP contribution in [0.2, 0.25) is 5.02 Å². The van der Waals surface area contributed by atoms with Gasteiger partial charge in [-0.1, -0.05) is 11.6 Å². The first-order chi connectivity index (χ1) is 8.65. The summed E-state index contributed by atoms with van der Waals surface area (Å²) >= 11 is 7.12. The first-order valence-corrected chi connectivity index (χ1v) is 6.59. The number of hydrogen-bond donors (Lipinski definition) is 1. The number of benzene rings is 1. The standard InChI is InChI=1S/C12H10ClFN2OS/c13-10-5-8(1-3-11(10)14)16-12(17)4-2-9-6-18-7-15-9/h1,3,5-7H,2,4H2,(H,16,17). The Morgan fingerprint density at radius 3 is 3.00 bits per heavy atom. The molecule has 1 N–H and O–H groups in total. The SMILES string of the molecule is O=C(CCc1cscn1)Nc1ccc(F)c(Cl)c1. The largest absolute Gasteiger partial charge is 0.326 e. The topological polar surface area (TPSA) is 42.0 Å². The average Bonchev–Trinajstić information content (AvgIpc) is 2.84. The average molecular weight is 285 g/mol. The van der Waals surface area contributed by atoms with Crippen molar-refractivity contribution in [2.24, 2.45) is 0 Å². The molecule has 6 heteroatoms. The van der Waals surface area contributed by atoms with Crippen molar-refractivity contribution < 1.29 is 9.18 Å². The molecule has 1 heterocycles. The summed E-state index contributed by atoms with van der Waals surface area (Å²) in [7, 11) is 0. The number of hydrogen-bond acceptors (Lipinski definition) is 3. The molecular formula is C12H10ClFN2OS. The van der Waals surface area contributed by atoms with Crippen molar-refractivity contribution in [3.05, 3.63) is 45.6 Å². The number of aryl methyl sites for hydroxylation is 1. The monoisotopic (exact) mass is 284 g/mol. The molecule has 2 rings (SSSR count). The van der Waals surface area contributed by atoms with Crippen molar-refractivity contribution in [3.8, 4) is 0 Å². The van der Waals surface area contributed by atoms with Crippen LogP contribution in [0.1, 0.15) is 12.1 Å². The van der Waals surface area contributed by atoms with E-state index in [1.165, 1.54) is 29.5 Å². The molecule has 1 aromatic carbocycles. The number of nitrogens with zero attached hydrogens (tertiary/aromatic N) is 1. The Labute approximate surface area is 113 Å². The zero-order valence-corrected chi connectivity index (χ0v) is 10.9. The van der Waals surface area contributed by atoms with E-state index in [2.05, 4.69) is 10.3 Å². The summed E-state index contributed by atoms with van der Waals surface area (Å²) in [6, 6.07) is 4.08. The van der Waals surface area contributed by atoms with E-state index in [1.807, 2.05) is 5.38 Å². The summed E-state index contributed by atoms with van der Waals surface area (Å²) in [6.45, 7) is 0. The van der Waals surface area contributed by atoms with Gasteiger partial charge in [-0.15, -0.1) is 11.3 Å². The van der Waals surface area contributed by atoms with Crippen molar-refractivity contribution >= 4 is 34.5 Å². The quantitative estimate of drug-likeness (QED) is 0.933. The lowest BCUT2D eigenvalue weighted by atomic mass is 10.2. The van der Waals surface area contributed by atoms with Gasteiger partial charge in [0.1, 0.15) is 5.82 Å². The van der Waals surface area contributed by atoms with Crippen LogP contribution in [-0.2, 0) is 11.2 Å². The van der Waals surface area contributed by atoms with Gasteiger partial charge in [0.25, 0.3) is 0 Å². The molecule has 0 fully saturated rings. The van der Waals surface area contributed by atoms with E-state index >= 15 is 0 Å². The fraction of sp³-hybridized carbons (Fsp3) is 0.167. The first-order valence-electron chi connectivity index (χ1n) is 5.27. The summed E-state index contributed by atoms with van der Waals surface area (Å²) in [5.41, 5.74) is 3.12. The Morgan fingerprint density at radius 2 is 2.33 bits per heavy atom. The summed E-state index contributed by atoms with van der Waals surface area (Å²) in [6.07, 6.45) is 0.920. The van der Waals surface area contributed by atoms with Gasteiger partial charge in [-0.05, 0) is 24.6 Å². The molecule has 0 unspecified atom stereocenters. The van der Waals surface area contributed by atoms with E-state index in [-0.39, 0.29) is 10.9 Å². The molecule has 0 atom stereocenters. The van der Waals surface area contributed by atoms with Gasteiger partial charge >= 0.3 is 0 Å². The second-order valence-corrected chi connectivity index (χ2v) is 4.78. The number of carbonyl (C=O) groups excluding carboxylic acids is 1. The van der Waals surface area contributed by atoms with Crippen molar-refractivity contribution in [1.29, 1.82) is 0 Å². The maximum atomic E-state index is 12.9. The normalized spacial score (nSPS) is 10.3. The molecule has 0 aliphatic carbocycles. The van der Waals surface area contributed by atoms with Crippen molar-refractivity contribution in [2.75, 3.05) is 5.32 Å². The molecule has 1 aromatic heterocycles. The minimum Gasteiger partial charge on any atom is -0.326 e. The molecule has 18 heavy (non-hydrogen) atoms. The molecule has 0 radical (unpaired) electrons. The minimum absolute atomic E-state index is 0.00713. The lowest BCUT2D eigenvalue weighted by Gasteiger charge is -2.05. The van der Waals surface area contributed by atoms with E-state index < -0.39 is 5.82 Å². The van der Waals surface area contributed by atoms with Crippen molar-refractivity contribution in [2.45, 2.75) is 12.8 Å². The van der Waals surface area contributed by atoms with Gasteiger partial charge in [-0.2, -0.15) is 0 Å². The zero-order valence-electron chi connectivity index (χ0n) is 9.32. The number of amides is 1. The number of aromatic nitrogens is 1. The van der Waals surface area contributed by atoms with E-state index in [0.717, 1.165) is 5.69 Å². The highest BCUT2D eigenvalue weighted by Gasteiger charge is 2.06. The van der Waals surface area contributed by atoms with Crippen LogP contribution in [0, 0.1) is 5.82 Å². The highest BCUT2D eigenvalue weighted by atomic mass is 35.5. The van der Waals surface area contributed by atoms with Crippen LogP contribution in [0.5, 0.6) is 0 Å². The lowest BCUT2D eigenvalue weighted by molar-refractivity contribution is -0.116. The van der Waals surface area contributed by atoms with E-state index in [9.17, 15) is 9.18 Å². The van der Waals surface area contributed by atoms with Crippen LogP contribution < -0.4 is 5.32 Å². The Balaban J connectivity index is 1.88. The smallest absolute Gasteiger partial charge is 0.224 e. The molecule has 1 amide bonds. The first kappa shape index (κ1) is 13.0. The van der Waals surface area contributed by atoms with Gasteiger partial charge in [-0.25, -0.2) is 9.37 Å². The highest BCUT2D eigenvalue weighted by molar-refractivity contribution is 7.07. The summed E-state index contributed by atoms with van der Waals surface area (Å²) in [5.74, 6) is -0.650. The van der Waals surface area contributed by atoms with Crippen LogP contribution in [0.4, 0.5) is 10.1 Å². The van der Waals surface area contributed by atoms with Crippen LogP contribution in [0.15, 0.2) is 29.1 Å². The molecule has 2 aromatic rings. The summed E-state index contributed by atoms with van der Waals surface area (Å²) < 4.78 is 12.9. The van der Waals surface area contributed by atoms with Crippen molar-refractivity contribution in [1.82, 2.24) is 4.98 Å². The van der Waals surface area contributed by atoms with Gasteiger partial charge in [0.15, 0.2) is 0 Å². The Bertz CT molecular complexity index is 545. The van der Waals surface area contributed by atoms with Gasteiger partial charge in [0, 0.05) is 17.5 Å². The van der Waals surface area contributed by atoms with Crippen LogP contribution in [0.25, 0.3) is 0 Å². The maximum Gasteiger partial charge on any atom is 0.224 e. The van der Waals surface area contributed by atoms with Crippen LogP contribution in [-0.4, -0.2) is 10.9 Å². The Hall–Kier alpha value is -1.46. The van der Waals surface area contributed by atoms with Crippen LogP contribution in [0.3, 0.4) is 0 Å². The Kier molecular flexibility index (Phi) is 4.28. The fourth-order valence-corrected chi connectivity index (χ4v) is 2.17. The number of thiazole rings is 1. The van der Waals surface area contributed by atoms with E-state index in [1.54, 1.807) is 5.51 Å². The molecular weight excluding hydrogens is 275 g/mol. The number of carbonyl (C=O) groups is 1. The third-order valence-corrected chi connectivity index (χ3v) is 3.22. The van der Waals surface area contributed by atoms with E-state index in [0.29, 0.717) is 18.5 Å². The van der Waals surface area contributed by atoms with Gasteiger partial charge < -0.3 is 5.32 Å². The highest BCUT2D eigenvalue weighted by Crippen LogP contribution is 2.19. The number of nitrogens with one attached hydrogen (secondary N) is 1. The fourth-order valence-electron chi connectivity index (χ4n) is 1.40. The molecule has 0 bridgehead atoms. The van der Waals surface area contributed by atoms with Crippen LogP contribution >= 0.6 is 22.9 Å². The lowest BCUT2D eigenvalue weighted by Crippen LogP contribution is -2.12. The molecule has 0 saturated carbocycles. The van der Waals surface area contributed by atoms with Gasteiger partial charge in [0.05, 0.1) is 16.2 Å². The maximum absolute atomic E-state index is 12.9. The number of rotatable bonds is 4. The molecule has 0 aliphatic rings. The zero-order chi connectivity index (χ0) is 13.0. The third kappa shape index (κ3) is 3.51. The molecule has 0 aliphatic heterocycles. The molecule has 3 nitrogen and oxygen atoms in total. The minimum atomic E-state index is -0.503. The molecule has 94 valence electrons. The third-order valence-electron chi connectivity index (χ3n) is 2.30. The predicted octanol–water partition coefficient (Wildman–Crippen LogP) is 3.51. The van der Waals surface area contributed by atoms with Gasteiger partial charge in [0.2, 0.25) is 5.91 Å². The predicted molar refractivity (Wildman–Crippen MR) is 70.5 cm³/mol.